The molecule has 0 aliphatic heterocycles. The molecule has 0 aromatic carbocycles. The van der Waals surface area contributed by atoms with Gasteiger partial charge in [-0.25, -0.2) is 0 Å². The maximum Gasteiger partial charge on any atom is 0.0670 e. The van der Waals surface area contributed by atoms with Crippen molar-refractivity contribution in [1.29, 1.82) is 0 Å². The second-order valence-electron chi connectivity index (χ2n) is 6.65. The van der Waals surface area contributed by atoms with Crippen LogP contribution in [0.2, 0.25) is 0 Å². The van der Waals surface area contributed by atoms with Crippen LogP contribution in [0, 0.1) is 11.8 Å². The van der Waals surface area contributed by atoms with E-state index in [-0.39, 0.29) is 0 Å². The number of aromatic nitrogens is 2. The highest BCUT2D eigenvalue weighted by molar-refractivity contribution is 5.22. The van der Waals surface area contributed by atoms with Crippen LogP contribution in [0.25, 0.3) is 0 Å². The van der Waals surface area contributed by atoms with E-state index < -0.39 is 0 Å². The van der Waals surface area contributed by atoms with Crippen molar-refractivity contribution in [2.24, 2.45) is 24.6 Å². The standard InChI is InChI=1S/C16H28N4/c1-3-15-14(11-19(2)18-15)16(8-17)20(9-12-4-5-12)10-13-6-7-13/h11-13,16H,3-10,17H2,1-2H3. The molecule has 1 unspecified atom stereocenters. The van der Waals surface area contributed by atoms with Gasteiger partial charge in [-0.15, -0.1) is 0 Å². The molecule has 112 valence electrons. The quantitative estimate of drug-likeness (QED) is 0.791. The Morgan fingerprint density at radius 2 is 1.90 bits per heavy atom. The van der Waals surface area contributed by atoms with Crippen molar-refractivity contribution in [3.63, 3.8) is 0 Å². The summed E-state index contributed by atoms with van der Waals surface area (Å²) >= 11 is 0. The number of aryl methyl sites for hydroxylation is 2. The SMILES string of the molecule is CCc1nn(C)cc1C(CN)N(CC1CC1)CC1CC1. The molecule has 1 aromatic heterocycles. The van der Waals surface area contributed by atoms with Crippen LogP contribution in [0.3, 0.4) is 0 Å². The molecule has 0 amide bonds. The maximum atomic E-state index is 6.15. The highest BCUT2D eigenvalue weighted by atomic mass is 15.3. The highest BCUT2D eigenvalue weighted by Gasteiger charge is 2.33. The van der Waals surface area contributed by atoms with Crippen LogP contribution in [-0.4, -0.2) is 34.3 Å². The average Bonchev–Trinajstić information content (AvgIpc) is 3.33. The molecule has 4 nitrogen and oxygen atoms in total. The lowest BCUT2D eigenvalue weighted by atomic mass is 10.0. The number of hydrogen-bond acceptors (Lipinski definition) is 3. The smallest absolute Gasteiger partial charge is 0.0670 e. The summed E-state index contributed by atoms with van der Waals surface area (Å²) in [6.45, 7) is 5.36. The number of nitrogens with zero attached hydrogens (tertiary/aromatic N) is 3. The van der Waals surface area contributed by atoms with E-state index in [9.17, 15) is 0 Å². The molecule has 1 aromatic rings. The predicted octanol–water partition coefficient (Wildman–Crippen LogP) is 2.10. The molecule has 2 aliphatic rings. The molecule has 1 heterocycles. The molecule has 1 atom stereocenters. The number of nitrogens with two attached hydrogens (primary N) is 1. The van der Waals surface area contributed by atoms with Crippen LogP contribution in [0.4, 0.5) is 0 Å². The fourth-order valence-corrected chi connectivity index (χ4v) is 3.17. The van der Waals surface area contributed by atoms with Crippen LogP contribution in [0.1, 0.15) is 49.9 Å². The number of hydrogen-bond donors (Lipinski definition) is 1. The summed E-state index contributed by atoms with van der Waals surface area (Å²) < 4.78 is 1.95. The van der Waals surface area contributed by atoms with Gasteiger partial charge in [0.05, 0.1) is 11.7 Å². The van der Waals surface area contributed by atoms with E-state index in [0.29, 0.717) is 12.6 Å². The zero-order valence-electron chi connectivity index (χ0n) is 12.9. The van der Waals surface area contributed by atoms with Gasteiger partial charge < -0.3 is 5.73 Å². The number of rotatable bonds is 8. The van der Waals surface area contributed by atoms with Gasteiger partial charge in [0.25, 0.3) is 0 Å². The van der Waals surface area contributed by atoms with Crippen molar-refractivity contribution in [1.82, 2.24) is 14.7 Å². The minimum atomic E-state index is 0.361. The van der Waals surface area contributed by atoms with Crippen LogP contribution in [0.15, 0.2) is 6.20 Å². The van der Waals surface area contributed by atoms with Crippen LogP contribution < -0.4 is 5.73 Å². The summed E-state index contributed by atoms with van der Waals surface area (Å²) in [6.07, 6.45) is 8.81. The summed E-state index contributed by atoms with van der Waals surface area (Å²) in [5.74, 6) is 1.84. The van der Waals surface area contributed by atoms with Gasteiger partial charge in [-0.1, -0.05) is 6.92 Å². The van der Waals surface area contributed by atoms with Gasteiger partial charge >= 0.3 is 0 Å². The summed E-state index contributed by atoms with van der Waals surface area (Å²) in [5, 5.41) is 4.60. The zero-order chi connectivity index (χ0) is 14.1. The highest BCUT2D eigenvalue weighted by Crippen LogP contribution is 2.37. The molecule has 3 rings (SSSR count). The first-order chi connectivity index (χ1) is 9.71. The predicted molar refractivity (Wildman–Crippen MR) is 81.4 cm³/mol. The normalized spacial score (nSPS) is 20.6. The Morgan fingerprint density at radius 1 is 1.30 bits per heavy atom. The van der Waals surface area contributed by atoms with Gasteiger partial charge in [0, 0.05) is 38.4 Å². The van der Waals surface area contributed by atoms with E-state index in [1.165, 1.54) is 50.0 Å². The Labute approximate surface area is 122 Å². The molecule has 0 spiro atoms. The van der Waals surface area contributed by atoms with Gasteiger partial charge in [0.1, 0.15) is 0 Å². The second-order valence-corrected chi connectivity index (χ2v) is 6.65. The minimum Gasteiger partial charge on any atom is -0.329 e. The zero-order valence-corrected chi connectivity index (χ0v) is 12.9. The van der Waals surface area contributed by atoms with Crippen molar-refractivity contribution in [2.75, 3.05) is 19.6 Å². The molecule has 0 saturated heterocycles. The van der Waals surface area contributed by atoms with Gasteiger partial charge in [-0.2, -0.15) is 5.10 Å². The lowest BCUT2D eigenvalue weighted by molar-refractivity contribution is 0.184. The first kappa shape index (κ1) is 14.1. The van der Waals surface area contributed by atoms with Crippen molar-refractivity contribution in [3.05, 3.63) is 17.5 Å². The van der Waals surface area contributed by atoms with E-state index in [2.05, 4.69) is 23.1 Å². The van der Waals surface area contributed by atoms with Crippen molar-refractivity contribution in [2.45, 2.75) is 45.1 Å². The topological polar surface area (TPSA) is 47.1 Å². The fourth-order valence-electron chi connectivity index (χ4n) is 3.17. The molecule has 20 heavy (non-hydrogen) atoms. The van der Waals surface area contributed by atoms with E-state index in [4.69, 9.17) is 5.73 Å². The molecule has 2 fully saturated rings. The third-order valence-electron chi connectivity index (χ3n) is 4.67. The molecule has 4 heteroatoms. The largest absolute Gasteiger partial charge is 0.329 e. The maximum absolute atomic E-state index is 6.15. The van der Waals surface area contributed by atoms with E-state index in [0.717, 1.165) is 18.3 Å². The Balaban J connectivity index is 1.79. The molecule has 2 N–H and O–H groups in total. The Morgan fingerprint density at radius 3 is 2.35 bits per heavy atom. The lowest BCUT2D eigenvalue weighted by Crippen LogP contribution is -2.37. The van der Waals surface area contributed by atoms with E-state index in [1.807, 2.05) is 11.7 Å². The fraction of sp³-hybridized carbons (Fsp3) is 0.812. The molecular weight excluding hydrogens is 248 g/mol. The van der Waals surface area contributed by atoms with Gasteiger partial charge in [-0.3, -0.25) is 9.58 Å². The first-order valence-electron chi connectivity index (χ1n) is 8.17. The van der Waals surface area contributed by atoms with Crippen LogP contribution in [0.5, 0.6) is 0 Å². The summed E-state index contributed by atoms with van der Waals surface area (Å²) in [5.41, 5.74) is 8.73. The van der Waals surface area contributed by atoms with E-state index in [1.54, 1.807) is 0 Å². The van der Waals surface area contributed by atoms with Gasteiger partial charge in [-0.05, 0) is 43.9 Å². The van der Waals surface area contributed by atoms with Crippen molar-refractivity contribution >= 4 is 0 Å². The van der Waals surface area contributed by atoms with Gasteiger partial charge in [0.2, 0.25) is 0 Å². The lowest BCUT2D eigenvalue weighted by Gasteiger charge is -2.31. The van der Waals surface area contributed by atoms with Crippen LogP contribution >= 0.6 is 0 Å². The van der Waals surface area contributed by atoms with Gasteiger partial charge in [0.15, 0.2) is 0 Å². The Bertz CT molecular complexity index is 431. The second kappa shape index (κ2) is 5.86. The minimum absolute atomic E-state index is 0.361. The van der Waals surface area contributed by atoms with Crippen molar-refractivity contribution in [3.8, 4) is 0 Å². The molecular formula is C16H28N4. The average molecular weight is 276 g/mol. The Kier molecular flexibility index (Phi) is 4.13. The molecule has 2 saturated carbocycles. The summed E-state index contributed by atoms with van der Waals surface area (Å²) in [4.78, 5) is 2.66. The molecule has 2 aliphatic carbocycles. The first-order valence-corrected chi connectivity index (χ1v) is 8.17. The Hall–Kier alpha value is -0.870. The molecule has 0 radical (unpaired) electrons. The summed E-state index contributed by atoms with van der Waals surface area (Å²) in [7, 11) is 2.02. The van der Waals surface area contributed by atoms with E-state index >= 15 is 0 Å². The monoisotopic (exact) mass is 276 g/mol. The third kappa shape index (κ3) is 3.23. The van der Waals surface area contributed by atoms with Crippen molar-refractivity contribution < 1.29 is 0 Å². The molecule has 0 bridgehead atoms. The third-order valence-corrected chi connectivity index (χ3v) is 4.67. The summed E-state index contributed by atoms with van der Waals surface area (Å²) in [6, 6.07) is 0.361. The van der Waals surface area contributed by atoms with Crippen LogP contribution in [-0.2, 0) is 13.5 Å².